The molecule has 102 valence electrons. The number of hydrogen-bond acceptors (Lipinski definition) is 3. The molecule has 1 saturated heterocycles. The van der Waals surface area contributed by atoms with Crippen LogP contribution in [0, 0.1) is 5.92 Å². The zero-order valence-electron chi connectivity index (χ0n) is 10.6. The van der Waals surface area contributed by atoms with Crippen LogP contribution in [0.25, 0.3) is 0 Å². The highest BCUT2D eigenvalue weighted by Crippen LogP contribution is 2.33. The van der Waals surface area contributed by atoms with Gasteiger partial charge in [-0.25, -0.2) is 9.59 Å². The zero-order valence-corrected chi connectivity index (χ0v) is 10.6. The molecule has 0 radical (unpaired) electrons. The summed E-state index contributed by atoms with van der Waals surface area (Å²) in [6, 6.07) is -1.09. The minimum absolute atomic E-state index is 0.0827. The van der Waals surface area contributed by atoms with Gasteiger partial charge < -0.3 is 20.4 Å². The number of nitrogens with one attached hydrogen (secondary N) is 1. The van der Waals surface area contributed by atoms with Gasteiger partial charge in [-0.05, 0) is 38.5 Å². The third kappa shape index (κ3) is 3.13. The average molecular weight is 256 g/mol. The zero-order chi connectivity index (χ0) is 13.3. The Kier molecular flexibility index (Phi) is 3.47. The van der Waals surface area contributed by atoms with Crippen LogP contribution in [0.5, 0.6) is 0 Å². The van der Waals surface area contributed by atoms with Crippen molar-refractivity contribution in [1.29, 1.82) is 0 Å². The molecule has 3 N–H and O–H groups in total. The van der Waals surface area contributed by atoms with Crippen molar-refractivity contribution in [3.63, 3.8) is 0 Å². The Hall–Kier alpha value is -1.30. The fourth-order valence-corrected chi connectivity index (χ4v) is 2.23. The predicted molar refractivity (Wildman–Crippen MR) is 64.1 cm³/mol. The normalized spacial score (nSPS) is 24.4. The van der Waals surface area contributed by atoms with E-state index >= 15 is 0 Å². The molecule has 2 rings (SSSR count). The largest absolute Gasteiger partial charge is 0.480 e. The second-order valence-corrected chi connectivity index (χ2v) is 5.59. The summed E-state index contributed by atoms with van der Waals surface area (Å²) in [6.07, 6.45) is 2.79. The summed E-state index contributed by atoms with van der Waals surface area (Å²) >= 11 is 0. The van der Waals surface area contributed by atoms with E-state index in [2.05, 4.69) is 5.32 Å². The number of aliphatic carboxylic acids is 1. The number of carbonyl (C=O) groups is 2. The third-order valence-corrected chi connectivity index (χ3v) is 3.77. The molecular weight excluding hydrogens is 236 g/mol. The van der Waals surface area contributed by atoms with E-state index in [1.54, 1.807) is 11.8 Å². The maximum atomic E-state index is 11.9. The number of aliphatic hydroxyl groups is 1. The summed E-state index contributed by atoms with van der Waals surface area (Å²) in [5.41, 5.74) is -0.709. The number of carboxylic acid groups (broad SMARTS) is 1. The highest BCUT2D eigenvalue weighted by Gasteiger charge is 2.38. The van der Waals surface area contributed by atoms with Crippen LogP contribution < -0.4 is 5.32 Å². The first-order chi connectivity index (χ1) is 8.39. The van der Waals surface area contributed by atoms with Gasteiger partial charge in [-0.2, -0.15) is 0 Å². The van der Waals surface area contributed by atoms with Crippen molar-refractivity contribution in [3.05, 3.63) is 0 Å². The fraction of sp³-hybridized carbons (Fsp3) is 0.833. The number of hydrogen-bond donors (Lipinski definition) is 3. The van der Waals surface area contributed by atoms with Crippen molar-refractivity contribution in [3.8, 4) is 0 Å². The highest BCUT2D eigenvalue weighted by atomic mass is 16.4. The molecule has 18 heavy (non-hydrogen) atoms. The van der Waals surface area contributed by atoms with Crippen LogP contribution >= 0.6 is 0 Å². The van der Waals surface area contributed by atoms with Gasteiger partial charge in [-0.3, -0.25) is 0 Å². The number of piperidine rings is 1. The Morgan fingerprint density at radius 1 is 1.33 bits per heavy atom. The number of carbonyl (C=O) groups excluding carboxylic acids is 1. The molecule has 6 heteroatoms. The Morgan fingerprint density at radius 3 is 2.33 bits per heavy atom. The van der Waals surface area contributed by atoms with Crippen LogP contribution in [0.15, 0.2) is 0 Å². The van der Waals surface area contributed by atoms with E-state index in [4.69, 9.17) is 5.11 Å². The molecule has 0 bridgehead atoms. The maximum Gasteiger partial charge on any atom is 0.326 e. The fourth-order valence-electron chi connectivity index (χ4n) is 2.23. The molecule has 1 aliphatic heterocycles. The van der Waals surface area contributed by atoms with Gasteiger partial charge in [0.15, 0.2) is 0 Å². The Balaban J connectivity index is 1.86. The smallest absolute Gasteiger partial charge is 0.326 e. The molecule has 0 spiro atoms. The van der Waals surface area contributed by atoms with Crippen molar-refractivity contribution in [2.75, 3.05) is 13.1 Å². The first-order valence-electron chi connectivity index (χ1n) is 6.40. The molecule has 0 aromatic carbocycles. The Bertz CT molecular complexity index is 342. The van der Waals surface area contributed by atoms with Crippen molar-refractivity contribution >= 4 is 12.0 Å². The van der Waals surface area contributed by atoms with Crippen molar-refractivity contribution in [2.45, 2.75) is 44.2 Å². The van der Waals surface area contributed by atoms with E-state index in [0.717, 1.165) is 12.8 Å². The summed E-state index contributed by atoms with van der Waals surface area (Å²) in [5.74, 6) is -0.880. The lowest BCUT2D eigenvalue weighted by atomic mass is 9.94. The number of urea groups is 1. The molecule has 0 aromatic heterocycles. The molecule has 2 fully saturated rings. The lowest BCUT2D eigenvalue weighted by Crippen LogP contribution is -2.53. The minimum Gasteiger partial charge on any atom is -0.480 e. The molecular formula is C12H20N2O4. The van der Waals surface area contributed by atoms with Crippen molar-refractivity contribution in [1.82, 2.24) is 10.2 Å². The third-order valence-electron chi connectivity index (χ3n) is 3.77. The van der Waals surface area contributed by atoms with Gasteiger partial charge in [0, 0.05) is 13.1 Å². The summed E-state index contributed by atoms with van der Waals surface area (Å²) in [5, 5.41) is 21.4. The number of likely N-dealkylation sites (tertiary alicyclic amines) is 1. The van der Waals surface area contributed by atoms with Gasteiger partial charge in [-0.1, -0.05) is 0 Å². The van der Waals surface area contributed by atoms with Crippen LogP contribution in [0.2, 0.25) is 0 Å². The lowest BCUT2D eigenvalue weighted by Gasteiger charge is -2.36. The van der Waals surface area contributed by atoms with Gasteiger partial charge in [0.2, 0.25) is 0 Å². The van der Waals surface area contributed by atoms with E-state index in [1.165, 1.54) is 0 Å². The van der Waals surface area contributed by atoms with E-state index in [0.29, 0.717) is 25.9 Å². The van der Waals surface area contributed by atoms with Crippen LogP contribution in [0.4, 0.5) is 4.79 Å². The van der Waals surface area contributed by atoms with E-state index in [1.807, 2.05) is 0 Å². The van der Waals surface area contributed by atoms with Gasteiger partial charge in [0.25, 0.3) is 0 Å². The standard InChI is InChI=1S/C12H20N2O4/c1-12(18)4-6-14(7-5-12)11(17)13-9(10(15)16)8-2-3-8/h8-9,18H,2-7H2,1H3,(H,13,17)(H,15,16). The minimum atomic E-state index is -0.963. The predicted octanol–water partition coefficient (Wildman–Crippen LogP) is 0.406. The maximum absolute atomic E-state index is 11.9. The number of rotatable bonds is 3. The molecule has 0 aromatic rings. The highest BCUT2D eigenvalue weighted by molar-refractivity contribution is 5.83. The first-order valence-corrected chi connectivity index (χ1v) is 6.40. The lowest BCUT2D eigenvalue weighted by molar-refractivity contribution is -0.139. The van der Waals surface area contributed by atoms with E-state index in [-0.39, 0.29) is 11.9 Å². The summed E-state index contributed by atoms with van der Waals surface area (Å²) in [7, 11) is 0. The molecule has 1 atom stereocenters. The Labute approximate surface area is 106 Å². The van der Waals surface area contributed by atoms with Gasteiger partial charge in [0.05, 0.1) is 5.60 Å². The summed E-state index contributed by atoms with van der Waals surface area (Å²) in [4.78, 5) is 24.5. The molecule has 1 unspecified atom stereocenters. The van der Waals surface area contributed by atoms with Crippen molar-refractivity contribution < 1.29 is 19.8 Å². The van der Waals surface area contributed by atoms with E-state index < -0.39 is 17.6 Å². The molecule has 1 aliphatic carbocycles. The number of nitrogens with zero attached hydrogens (tertiary/aromatic N) is 1. The second-order valence-electron chi connectivity index (χ2n) is 5.59. The molecule has 6 nitrogen and oxygen atoms in total. The summed E-state index contributed by atoms with van der Waals surface area (Å²) < 4.78 is 0. The quantitative estimate of drug-likeness (QED) is 0.682. The summed E-state index contributed by atoms with van der Waals surface area (Å²) in [6.45, 7) is 2.69. The Morgan fingerprint density at radius 2 is 1.89 bits per heavy atom. The van der Waals surface area contributed by atoms with Gasteiger partial charge in [-0.15, -0.1) is 0 Å². The average Bonchev–Trinajstić information content (AvgIpc) is 3.08. The van der Waals surface area contributed by atoms with Gasteiger partial charge >= 0.3 is 12.0 Å². The van der Waals surface area contributed by atoms with Gasteiger partial charge in [0.1, 0.15) is 6.04 Å². The van der Waals surface area contributed by atoms with Crippen LogP contribution in [0.1, 0.15) is 32.6 Å². The SMILES string of the molecule is CC1(O)CCN(C(=O)NC(C(=O)O)C2CC2)CC1. The van der Waals surface area contributed by atoms with Crippen LogP contribution in [-0.4, -0.2) is 51.8 Å². The van der Waals surface area contributed by atoms with E-state index in [9.17, 15) is 14.7 Å². The topological polar surface area (TPSA) is 89.9 Å². The molecule has 1 heterocycles. The monoisotopic (exact) mass is 256 g/mol. The van der Waals surface area contributed by atoms with Crippen molar-refractivity contribution in [2.24, 2.45) is 5.92 Å². The first kappa shape index (κ1) is 13.1. The molecule has 2 amide bonds. The molecule has 2 aliphatic rings. The number of carboxylic acids is 1. The second kappa shape index (κ2) is 4.76. The van der Waals surface area contributed by atoms with Crippen LogP contribution in [-0.2, 0) is 4.79 Å². The molecule has 1 saturated carbocycles. The number of amides is 2. The van der Waals surface area contributed by atoms with Crippen LogP contribution in [0.3, 0.4) is 0 Å².